The molecule has 1 unspecified atom stereocenters. The first-order valence-electron chi connectivity index (χ1n) is 6.93. The van der Waals surface area contributed by atoms with Crippen LogP contribution in [-0.2, 0) is 10.0 Å². The highest BCUT2D eigenvalue weighted by molar-refractivity contribution is 7.89. The Hall–Kier alpha value is -1.14. The van der Waals surface area contributed by atoms with Gasteiger partial charge in [-0.15, -0.1) is 0 Å². The van der Waals surface area contributed by atoms with Crippen LogP contribution in [0.15, 0.2) is 23.1 Å². The van der Waals surface area contributed by atoms with E-state index in [4.69, 9.17) is 5.73 Å². The molecule has 0 saturated heterocycles. The fourth-order valence-electron chi connectivity index (χ4n) is 2.01. The van der Waals surface area contributed by atoms with Gasteiger partial charge >= 0.3 is 0 Å². The first-order chi connectivity index (χ1) is 9.35. The number of unbranched alkanes of at least 4 members (excludes halogenated alkanes) is 3. The largest absolute Gasteiger partial charge is 0.399 e. The van der Waals surface area contributed by atoms with Crippen molar-refractivity contribution in [3.05, 3.63) is 24.0 Å². The number of nitrogens with one attached hydrogen (secondary N) is 1. The van der Waals surface area contributed by atoms with Crippen LogP contribution in [0.2, 0.25) is 0 Å². The Bertz CT molecular complexity index is 512. The summed E-state index contributed by atoms with van der Waals surface area (Å²) in [5.74, 6) is -0.652. The molecule has 0 aliphatic carbocycles. The average Bonchev–Trinajstić information content (AvgIpc) is 2.33. The normalized spacial score (nSPS) is 13.3. The van der Waals surface area contributed by atoms with Crippen LogP contribution in [-0.4, -0.2) is 14.5 Å². The Balaban J connectivity index is 2.64. The summed E-state index contributed by atoms with van der Waals surface area (Å²) in [7, 11) is -3.72. The van der Waals surface area contributed by atoms with Gasteiger partial charge in [-0.2, -0.15) is 0 Å². The molecule has 6 heteroatoms. The lowest BCUT2D eigenvalue weighted by Crippen LogP contribution is -2.32. The number of benzene rings is 1. The zero-order valence-electron chi connectivity index (χ0n) is 12.0. The van der Waals surface area contributed by atoms with Gasteiger partial charge in [0, 0.05) is 11.7 Å². The molecule has 0 amide bonds. The van der Waals surface area contributed by atoms with E-state index in [1.54, 1.807) is 0 Å². The van der Waals surface area contributed by atoms with E-state index < -0.39 is 15.8 Å². The molecule has 0 aromatic heterocycles. The van der Waals surface area contributed by atoms with E-state index in [0.29, 0.717) is 0 Å². The van der Waals surface area contributed by atoms with E-state index >= 15 is 0 Å². The van der Waals surface area contributed by atoms with Gasteiger partial charge in [-0.3, -0.25) is 0 Å². The summed E-state index contributed by atoms with van der Waals surface area (Å²) in [6, 6.07) is 3.15. The third kappa shape index (κ3) is 5.46. The first-order valence-corrected chi connectivity index (χ1v) is 8.42. The molecule has 0 bridgehead atoms. The fourth-order valence-corrected chi connectivity index (χ4v) is 3.35. The lowest BCUT2D eigenvalue weighted by molar-refractivity contribution is 0.521. The standard InChI is InChI=1S/C14H23FN2O2S/c1-3-4-5-6-7-11(2)17-20(18,19)14-9-12(15)8-13(16)10-14/h8-11,17H,3-7,16H2,1-2H3. The van der Waals surface area contributed by atoms with Crippen molar-refractivity contribution in [3.63, 3.8) is 0 Å². The van der Waals surface area contributed by atoms with Gasteiger partial charge in [0.15, 0.2) is 0 Å². The molecule has 1 atom stereocenters. The maximum Gasteiger partial charge on any atom is 0.240 e. The number of nitrogen functional groups attached to an aromatic ring is 1. The minimum absolute atomic E-state index is 0.0981. The third-order valence-corrected chi connectivity index (χ3v) is 4.62. The summed E-state index contributed by atoms with van der Waals surface area (Å²) in [5.41, 5.74) is 5.57. The molecule has 0 aliphatic heterocycles. The molecule has 0 heterocycles. The van der Waals surface area contributed by atoms with Crippen molar-refractivity contribution in [1.82, 2.24) is 4.72 Å². The predicted molar refractivity (Wildman–Crippen MR) is 79.4 cm³/mol. The monoisotopic (exact) mass is 302 g/mol. The Morgan fingerprint density at radius 1 is 1.25 bits per heavy atom. The van der Waals surface area contributed by atoms with Crippen molar-refractivity contribution in [2.75, 3.05) is 5.73 Å². The average molecular weight is 302 g/mol. The molecule has 3 N–H and O–H groups in total. The van der Waals surface area contributed by atoms with Crippen molar-refractivity contribution in [2.45, 2.75) is 56.9 Å². The van der Waals surface area contributed by atoms with Gasteiger partial charge in [0.1, 0.15) is 5.82 Å². The summed E-state index contributed by atoms with van der Waals surface area (Å²) < 4.78 is 40.0. The van der Waals surface area contributed by atoms with E-state index in [0.717, 1.165) is 44.2 Å². The molecule has 1 aromatic carbocycles. The van der Waals surface area contributed by atoms with Crippen molar-refractivity contribution in [1.29, 1.82) is 0 Å². The quantitative estimate of drug-likeness (QED) is 0.572. The minimum Gasteiger partial charge on any atom is -0.399 e. The van der Waals surface area contributed by atoms with Gasteiger partial charge in [0.05, 0.1) is 4.90 Å². The van der Waals surface area contributed by atoms with Crippen LogP contribution in [0.1, 0.15) is 46.0 Å². The molecule has 4 nitrogen and oxygen atoms in total. The van der Waals surface area contributed by atoms with Gasteiger partial charge in [0.25, 0.3) is 0 Å². The summed E-state index contributed by atoms with van der Waals surface area (Å²) in [5, 5.41) is 0. The fraction of sp³-hybridized carbons (Fsp3) is 0.571. The Morgan fingerprint density at radius 3 is 2.55 bits per heavy atom. The number of hydrogen-bond acceptors (Lipinski definition) is 3. The van der Waals surface area contributed by atoms with Crippen LogP contribution >= 0.6 is 0 Å². The predicted octanol–water partition coefficient (Wildman–Crippen LogP) is 3.05. The lowest BCUT2D eigenvalue weighted by Gasteiger charge is -2.14. The van der Waals surface area contributed by atoms with E-state index in [9.17, 15) is 12.8 Å². The molecule has 0 fully saturated rings. The van der Waals surface area contributed by atoms with Crippen LogP contribution < -0.4 is 10.5 Å². The van der Waals surface area contributed by atoms with Crippen LogP contribution in [0.5, 0.6) is 0 Å². The molecule has 0 aliphatic rings. The van der Waals surface area contributed by atoms with Gasteiger partial charge in [0.2, 0.25) is 10.0 Å². The van der Waals surface area contributed by atoms with E-state index in [2.05, 4.69) is 11.6 Å². The van der Waals surface area contributed by atoms with Crippen molar-refractivity contribution >= 4 is 15.7 Å². The Labute approximate surface area is 120 Å². The second-order valence-electron chi connectivity index (χ2n) is 5.09. The van der Waals surface area contributed by atoms with E-state index in [1.807, 2.05) is 6.92 Å². The zero-order chi connectivity index (χ0) is 15.2. The van der Waals surface area contributed by atoms with Gasteiger partial charge < -0.3 is 5.73 Å². The van der Waals surface area contributed by atoms with Gasteiger partial charge in [-0.25, -0.2) is 17.5 Å². The van der Waals surface area contributed by atoms with Crippen molar-refractivity contribution < 1.29 is 12.8 Å². The topological polar surface area (TPSA) is 72.2 Å². The molecular weight excluding hydrogens is 279 g/mol. The number of nitrogens with two attached hydrogens (primary N) is 1. The SMILES string of the molecule is CCCCCCC(C)NS(=O)(=O)c1cc(N)cc(F)c1. The second-order valence-corrected chi connectivity index (χ2v) is 6.81. The molecular formula is C14H23FN2O2S. The summed E-state index contributed by atoms with van der Waals surface area (Å²) in [6.07, 6.45) is 5.13. The third-order valence-electron chi connectivity index (χ3n) is 3.05. The summed E-state index contributed by atoms with van der Waals surface area (Å²) in [4.78, 5) is -0.129. The van der Waals surface area contributed by atoms with Crippen molar-refractivity contribution in [2.24, 2.45) is 0 Å². The highest BCUT2D eigenvalue weighted by Crippen LogP contribution is 2.17. The summed E-state index contributed by atoms with van der Waals surface area (Å²) >= 11 is 0. The van der Waals surface area contributed by atoms with Gasteiger partial charge in [-0.05, 0) is 31.5 Å². The highest BCUT2D eigenvalue weighted by atomic mass is 32.2. The second kappa shape index (κ2) is 7.59. The maximum absolute atomic E-state index is 13.2. The number of sulfonamides is 1. The molecule has 1 rings (SSSR count). The highest BCUT2D eigenvalue weighted by Gasteiger charge is 2.18. The van der Waals surface area contributed by atoms with E-state index in [1.165, 1.54) is 6.07 Å². The summed E-state index contributed by atoms with van der Waals surface area (Å²) in [6.45, 7) is 3.94. The smallest absolute Gasteiger partial charge is 0.240 e. The van der Waals surface area contributed by atoms with E-state index in [-0.39, 0.29) is 16.6 Å². The number of hydrogen-bond donors (Lipinski definition) is 2. The number of rotatable bonds is 8. The van der Waals surface area contributed by atoms with Crippen LogP contribution in [0.25, 0.3) is 0 Å². The van der Waals surface area contributed by atoms with Gasteiger partial charge in [-0.1, -0.05) is 32.6 Å². The first kappa shape index (κ1) is 16.9. The van der Waals surface area contributed by atoms with Crippen LogP contribution in [0, 0.1) is 5.82 Å². The number of halogens is 1. The maximum atomic E-state index is 13.2. The Kier molecular flexibility index (Phi) is 6.42. The van der Waals surface area contributed by atoms with Crippen molar-refractivity contribution in [3.8, 4) is 0 Å². The molecule has 0 radical (unpaired) electrons. The molecule has 20 heavy (non-hydrogen) atoms. The number of anilines is 1. The zero-order valence-corrected chi connectivity index (χ0v) is 12.8. The van der Waals surface area contributed by atoms with Crippen LogP contribution in [0.4, 0.5) is 10.1 Å². The lowest BCUT2D eigenvalue weighted by atomic mass is 10.1. The minimum atomic E-state index is -3.72. The molecule has 0 saturated carbocycles. The Morgan fingerprint density at radius 2 is 1.95 bits per heavy atom. The van der Waals surface area contributed by atoms with Crippen LogP contribution in [0.3, 0.4) is 0 Å². The molecule has 0 spiro atoms. The molecule has 114 valence electrons. The molecule has 1 aromatic rings.